The van der Waals surface area contributed by atoms with Gasteiger partial charge in [-0.05, 0) is 18.6 Å². The minimum atomic E-state index is -3.61. The van der Waals surface area contributed by atoms with Crippen LogP contribution in [-0.2, 0) is 19.6 Å². The minimum absolute atomic E-state index is 0.224. The van der Waals surface area contributed by atoms with Crippen molar-refractivity contribution in [1.82, 2.24) is 4.90 Å². The van der Waals surface area contributed by atoms with Crippen molar-refractivity contribution in [2.75, 3.05) is 20.2 Å². The van der Waals surface area contributed by atoms with E-state index in [1.165, 1.54) is 7.11 Å². The van der Waals surface area contributed by atoms with Crippen LogP contribution in [0.3, 0.4) is 0 Å². The molecule has 106 valence electrons. The number of hydrogen-bond acceptors (Lipinski definition) is 5. The van der Waals surface area contributed by atoms with Crippen LogP contribution in [0.4, 0.5) is 0 Å². The lowest BCUT2D eigenvalue weighted by Crippen LogP contribution is -2.30. The molecule has 0 saturated carbocycles. The zero-order valence-electron chi connectivity index (χ0n) is 10.9. The van der Waals surface area contributed by atoms with Gasteiger partial charge in [-0.1, -0.05) is 12.1 Å². The third kappa shape index (κ3) is 1.98. The lowest BCUT2D eigenvalue weighted by molar-refractivity contribution is -0.144. The van der Waals surface area contributed by atoms with Crippen molar-refractivity contribution in [3.63, 3.8) is 0 Å². The van der Waals surface area contributed by atoms with E-state index in [-0.39, 0.29) is 16.8 Å². The number of benzene rings is 1. The first-order valence-electron chi connectivity index (χ1n) is 6.30. The molecule has 0 aliphatic carbocycles. The second-order valence-corrected chi connectivity index (χ2v) is 6.41. The van der Waals surface area contributed by atoms with Gasteiger partial charge in [-0.25, -0.2) is 0 Å². The predicted octanol–water partition coefficient (Wildman–Crippen LogP) is 0.630. The fourth-order valence-corrected chi connectivity index (χ4v) is 3.86. The van der Waals surface area contributed by atoms with E-state index in [0.29, 0.717) is 30.9 Å². The van der Waals surface area contributed by atoms with Crippen LogP contribution in [0.2, 0.25) is 0 Å². The van der Waals surface area contributed by atoms with Gasteiger partial charge in [0.1, 0.15) is 4.90 Å². The van der Waals surface area contributed by atoms with Gasteiger partial charge in [-0.3, -0.25) is 4.79 Å². The fourth-order valence-electron chi connectivity index (χ4n) is 2.63. The molecule has 20 heavy (non-hydrogen) atoms. The molecule has 0 radical (unpaired) electrons. The summed E-state index contributed by atoms with van der Waals surface area (Å²) in [4.78, 5) is 13.6. The summed E-state index contributed by atoms with van der Waals surface area (Å²) in [7, 11) is -2.25. The number of ether oxygens (including phenoxy) is 1. The monoisotopic (exact) mass is 294 g/mol. The average Bonchev–Trinajstić information content (AvgIpc) is 3.02. The van der Waals surface area contributed by atoms with Gasteiger partial charge in [-0.2, -0.15) is 8.42 Å². The fraction of sp³-hybridized carbons (Fsp3) is 0.385. The summed E-state index contributed by atoms with van der Waals surface area (Å²) in [6.45, 7) is 1.04. The number of fused-ring (bicyclic) bond motifs is 1. The highest BCUT2D eigenvalue weighted by Crippen LogP contribution is 2.30. The van der Waals surface area contributed by atoms with Crippen molar-refractivity contribution >= 4 is 21.8 Å². The Morgan fingerprint density at radius 3 is 2.90 bits per heavy atom. The summed E-state index contributed by atoms with van der Waals surface area (Å²) >= 11 is 0. The van der Waals surface area contributed by atoms with Crippen LogP contribution in [0.1, 0.15) is 12.0 Å². The number of carbonyl (C=O) groups excluding carboxylic acids is 1. The Morgan fingerprint density at radius 1 is 1.40 bits per heavy atom. The first-order chi connectivity index (χ1) is 9.53. The molecule has 1 saturated heterocycles. The SMILES string of the molecule is COC(=O)C1CCN(C2=NS(=O)(=O)c3ccccc32)C1. The molecule has 1 aromatic rings. The quantitative estimate of drug-likeness (QED) is 0.710. The van der Waals surface area contributed by atoms with E-state index >= 15 is 0 Å². The van der Waals surface area contributed by atoms with E-state index in [2.05, 4.69) is 4.40 Å². The summed E-state index contributed by atoms with van der Waals surface area (Å²) in [6, 6.07) is 6.75. The smallest absolute Gasteiger partial charge is 0.310 e. The van der Waals surface area contributed by atoms with Gasteiger partial charge in [0, 0.05) is 18.7 Å². The molecule has 2 heterocycles. The largest absolute Gasteiger partial charge is 0.469 e. The van der Waals surface area contributed by atoms with Crippen LogP contribution in [0.15, 0.2) is 33.6 Å². The third-order valence-corrected chi connectivity index (χ3v) is 4.96. The van der Waals surface area contributed by atoms with Crippen LogP contribution in [0.5, 0.6) is 0 Å². The van der Waals surface area contributed by atoms with Gasteiger partial charge in [0.2, 0.25) is 0 Å². The Morgan fingerprint density at radius 2 is 2.15 bits per heavy atom. The van der Waals surface area contributed by atoms with Crippen molar-refractivity contribution in [2.45, 2.75) is 11.3 Å². The summed E-state index contributed by atoms with van der Waals surface area (Å²) in [5.74, 6) is -0.0487. The number of likely N-dealkylation sites (tertiary alicyclic amines) is 1. The maximum atomic E-state index is 12.0. The zero-order chi connectivity index (χ0) is 14.3. The molecule has 0 amide bonds. The summed E-state index contributed by atoms with van der Waals surface area (Å²) in [6.07, 6.45) is 0.647. The molecule has 0 bridgehead atoms. The second kappa shape index (κ2) is 4.59. The van der Waals surface area contributed by atoms with E-state index in [9.17, 15) is 13.2 Å². The molecule has 1 fully saturated rings. The molecular formula is C13H14N2O4S. The number of carbonyl (C=O) groups is 1. The van der Waals surface area contributed by atoms with Crippen LogP contribution in [0.25, 0.3) is 0 Å². The molecule has 3 rings (SSSR count). The molecule has 1 atom stereocenters. The van der Waals surface area contributed by atoms with Gasteiger partial charge in [0.25, 0.3) is 10.0 Å². The van der Waals surface area contributed by atoms with Crippen molar-refractivity contribution in [2.24, 2.45) is 10.3 Å². The second-order valence-electron chi connectivity index (χ2n) is 4.84. The number of esters is 1. The maximum absolute atomic E-state index is 12.0. The first-order valence-corrected chi connectivity index (χ1v) is 7.74. The van der Waals surface area contributed by atoms with Crippen molar-refractivity contribution in [3.8, 4) is 0 Å². The number of rotatable bonds is 1. The molecule has 2 aliphatic heterocycles. The van der Waals surface area contributed by atoms with Gasteiger partial charge in [-0.15, -0.1) is 4.40 Å². The van der Waals surface area contributed by atoms with Crippen molar-refractivity contribution in [1.29, 1.82) is 0 Å². The molecule has 6 nitrogen and oxygen atoms in total. The number of nitrogens with zero attached hydrogens (tertiary/aromatic N) is 2. The van der Waals surface area contributed by atoms with Crippen LogP contribution in [0, 0.1) is 5.92 Å². The van der Waals surface area contributed by atoms with Crippen LogP contribution in [-0.4, -0.2) is 45.3 Å². The number of hydrogen-bond donors (Lipinski definition) is 0. The molecule has 0 N–H and O–H groups in total. The third-order valence-electron chi connectivity index (χ3n) is 3.63. The summed E-state index contributed by atoms with van der Waals surface area (Å²) in [5.41, 5.74) is 0.609. The first kappa shape index (κ1) is 13.1. The molecule has 0 aromatic heterocycles. The average molecular weight is 294 g/mol. The standard InChI is InChI=1S/C13H14N2O4S/c1-19-13(16)9-6-7-15(8-9)12-10-4-2-3-5-11(10)20(17,18)14-12/h2-5,9H,6-8H2,1H3. The molecule has 2 aliphatic rings. The lowest BCUT2D eigenvalue weighted by atomic mass is 10.1. The lowest BCUT2D eigenvalue weighted by Gasteiger charge is -2.17. The molecule has 1 unspecified atom stereocenters. The minimum Gasteiger partial charge on any atom is -0.469 e. The van der Waals surface area contributed by atoms with E-state index in [0.717, 1.165) is 0 Å². The molecule has 7 heteroatoms. The molecule has 1 aromatic carbocycles. The van der Waals surface area contributed by atoms with Crippen molar-refractivity contribution < 1.29 is 17.9 Å². The van der Waals surface area contributed by atoms with Crippen LogP contribution >= 0.6 is 0 Å². The zero-order valence-corrected chi connectivity index (χ0v) is 11.8. The van der Waals surface area contributed by atoms with E-state index in [1.54, 1.807) is 24.3 Å². The Balaban J connectivity index is 1.92. The molecular weight excluding hydrogens is 280 g/mol. The Bertz CT molecular complexity index is 696. The Kier molecular flexibility index (Phi) is 3.01. The highest BCUT2D eigenvalue weighted by Gasteiger charge is 2.36. The number of sulfonamides is 1. The highest BCUT2D eigenvalue weighted by atomic mass is 32.2. The van der Waals surface area contributed by atoms with Crippen LogP contribution < -0.4 is 0 Å². The Hall–Kier alpha value is -1.89. The molecule has 0 spiro atoms. The van der Waals surface area contributed by atoms with Gasteiger partial charge >= 0.3 is 5.97 Å². The predicted molar refractivity (Wildman–Crippen MR) is 71.9 cm³/mol. The normalized spacial score (nSPS) is 23.4. The Labute approximate surface area is 117 Å². The highest BCUT2D eigenvalue weighted by molar-refractivity contribution is 7.90. The van der Waals surface area contributed by atoms with Crippen molar-refractivity contribution in [3.05, 3.63) is 29.8 Å². The summed E-state index contributed by atoms with van der Waals surface area (Å²) in [5, 5.41) is 0. The number of amidine groups is 1. The van der Waals surface area contributed by atoms with E-state index in [1.807, 2.05) is 4.90 Å². The van der Waals surface area contributed by atoms with E-state index in [4.69, 9.17) is 4.74 Å². The van der Waals surface area contributed by atoms with Gasteiger partial charge in [0.15, 0.2) is 5.84 Å². The number of methoxy groups -OCH3 is 1. The van der Waals surface area contributed by atoms with E-state index < -0.39 is 10.0 Å². The van der Waals surface area contributed by atoms with Gasteiger partial charge < -0.3 is 9.64 Å². The maximum Gasteiger partial charge on any atom is 0.310 e. The topological polar surface area (TPSA) is 76.0 Å². The summed E-state index contributed by atoms with van der Waals surface area (Å²) < 4.78 is 32.6. The van der Waals surface area contributed by atoms with Gasteiger partial charge in [0.05, 0.1) is 13.0 Å².